The number of aldehydes is 1. The van der Waals surface area contributed by atoms with E-state index in [1.54, 1.807) is 0 Å². The Morgan fingerprint density at radius 1 is 1.36 bits per heavy atom. The lowest BCUT2D eigenvalue weighted by Crippen LogP contribution is -2.43. The molecular formula is C7H12F2O2. The lowest BCUT2D eigenvalue weighted by molar-refractivity contribution is -0.179. The molecule has 0 rings (SSSR count). The zero-order valence-electron chi connectivity index (χ0n) is 6.86. The van der Waals surface area contributed by atoms with E-state index in [4.69, 9.17) is 0 Å². The van der Waals surface area contributed by atoms with Gasteiger partial charge in [-0.15, -0.1) is 0 Å². The highest BCUT2D eigenvalue weighted by atomic mass is 19.3. The van der Waals surface area contributed by atoms with E-state index in [9.17, 15) is 13.6 Å². The van der Waals surface area contributed by atoms with E-state index in [1.807, 2.05) is 0 Å². The lowest BCUT2D eigenvalue weighted by atomic mass is 10.0. The van der Waals surface area contributed by atoms with Crippen molar-refractivity contribution in [2.45, 2.75) is 32.3 Å². The highest BCUT2D eigenvalue weighted by Gasteiger charge is 2.42. The average Bonchev–Trinajstić information content (AvgIpc) is 1.81. The van der Waals surface area contributed by atoms with Crippen LogP contribution in [0.15, 0.2) is 0 Å². The van der Waals surface area contributed by atoms with Gasteiger partial charge in [-0.2, -0.15) is 0 Å². The summed E-state index contributed by atoms with van der Waals surface area (Å²) in [6.07, 6.45) is 0.452. The first-order valence-electron chi connectivity index (χ1n) is 3.26. The Kier molecular flexibility index (Phi) is 3.11. The van der Waals surface area contributed by atoms with Crippen LogP contribution in [0.1, 0.15) is 20.8 Å². The van der Waals surface area contributed by atoms with Gasteiger partial charge in [-0.25, -0.2) is 8.78 Å². The largest absolute Gasteiger partial charge is 0.362 e. The van der Waals surface area contributed by atoms with Crippen molar-refractivity contribution in [3.8, 4) is 0 Å². The molecule has 0 aromatic heterocycles. The van der Waals surface area contributed by atoms with Crippen LogP contribution in [0.2, 0.25) is 0 Å². The van der Waals surface area contributed by atoms with Gasteiger partial charge < -0.3 is 9.53 Å². The Bertz CT molecular complexity index is 138. The van der Waals surface area contributed by atoms with Crippen molar-refractivity contribution >= 4 is 6.29 Å². The number of carbonyl (C=O) groups is 1. The normalized spacial score (nSPS) is 13.2. The predicted octanol–water partition coefficient (Wildman–Crippen LogP) is 1.64. The summed E-state index contributed by atoms with van der Waals surface area (Å²) in [5.74, 6) is -2.93. The maximum atomic E-state index is 12.6. The molecule has 0 aromatic carbocycles. The van der Waals surface area contributed by atoms with E-state index < -0.39 is 11.5 Å². The van der Waals surface area contributed by atoms with E-state index in [0.717, 1.165) is 6.92 Å². The second kappa shape index (κ2) is 3.26. The molecule has 0 aliphatic rings. The molecule has 0 saturated carbocycles. The second-order valence-electron chi connectivity index (χ2n) is 2.88. The maximum Gasteiger partial charge on any atom is 0.273 e. The van der Waals surface area contributed by atoms with Crippen molar-refractivity contribution in [2.24, 2.45) is 0 Å². The third kappa shape index (κ3) is 2.93. The topological polar surface area (TPSA) is 26.3 Å². The molecule has 0 fully saturated rings. The van der Waals surface area contributed by atoms with Crippen molar-refractivity contribution in [2.75, 3.05) is 6.61 Å². The van der Waals surface area contributed by atoms with Gasteiger partial charge in [0.2, 0.25) is 0 Å². The minimum atomic E-state index is -2.93. The fourth-order valence-corrected chi connectivity index (χ4v) is 0.369. The predicted molar refractivity (Wildman–Crippen MR) is 36.7 cm³/mol. The van der Waals surface area contributed by atoms with Crippen molar-refractivity contribution in [3.05, 3.63) is 0 Å². The van der Waals surface area contributed by atoms with Crippen LogP contribution in [0.3, 0.4) is 0 Å². The molecule has 0 aliphatic carbocycles. The monoisotopic (exact) mass is 166 g/mol. The van der Waals surface area contributed by atoms with Crippen LogP contribution in [0.5, 0.6) is 0 Å². The van der Waals surface area contributed by atoms with Crippen molar-refractivity contribution in [1.29, 1.82) is 0 Å². The molecule has 0 aliphatic heterocycles. The quantitative estimate of drug-likeness (QED) is 0.593. The maximum absolute atomic E-state index is 12.6. The molecule has 66 valence electrons. The number of carbonyl (C=O) groups excluding carboxylic acids is 1. The summed E-state index contributed by atoms with van der Waals surface area (Å²) < 4.78 is 29.8. The summed E-state index contributed by atoms with van der Waals surface area (Å²) in [5, 5.41) is 0. The molecule has 0 unspecified atom stereocenters. The second-order valence-corrected chi connectivity index (χ2v) is 2.88. The standard InChI is InChI=1S/C7H12F2O2/c1-6(2,7(3,8)9)11-5-4-10/h4H,5H2,1-3H3. The number of ether oxygens (including phenoxy) is 1. The first-order chi connectivity index (χ1) is 4.81. The molecule has 0 N–H and O–H groups in total. The molecule has 0 saturated heterocycles. The van der Waals surface area contributed by atoms with Crippen molar-refractivity contribution < 1.29 is 18.3 Å². The summed E-state index contributed by atoms with van der Waals surface area (Å²) in [4.78, 5) is 9.81. The third-order valence-electron chi connectivity index (χ3n) is 1.57. The Morgan fingerprint density at radius 2 is 1.82 bits per heavy atom. The van der Waals surface area contributed by atoms with Crippen LogP contribution < -0.4 is 0 Å². The Labute approximate surface area is 64.5 Å². The van der Waals surface area contributed by atoms with Gasteiger partial charge >= 0.3 is 0 Å². The van der Waals surface area contributed by atoms with Crippen LogP contribution in [0.4, 0.5) is 8.78 Å². The molecule has 0 heterocycles. The van der Waals surface area contributed by atoms with Gasteiger partial charge in [-0.05, 0) is 13.8 Å². The van der Waals surface area contributed by atoms with E-state index in [0.29, 0.717) is 6.29 Å². The number of hydrogen-bond donors (Lipinski definition) is 0. The Hall–Kier alpha value is -0.510. The third-order valence-corrected chi connectivity index (χ3v) is 1.57. The van der Waals surface area contributed by atoms with Gasteiger partial charge in [0.15, 0.2) is 0 Å². The zero-order chi connectivity index (χ0) is 9.12. The number of rotatable bonds is 4. The van der Waals surface area contributed by atoms with Gasteiger partial charge in [-0.3, -0.25) is 0 Å². The smallest absolute Gasteiger partial charge is 0.273 e. The van der Waals surface area contributed by atoms with E-state index in [-0.39, 0.29) is 6.61 Å². The first kappa shape index (κ1) is 10.5. The highest BCUT2D eigenvalue weighted by Crippen LogP contribution is 2.30. The van der Waals surface area contributed by atoms with Gasteiger partial charge in [0.25, 0.3) is 5.92 Å². The van der Waals surface area contributed by atoms with Crippen LogP contribution in [-0.2, 0) is 9.53 Å². The van der Waals surface area contributed by atoms with E-state index >= 15 is 0 Å². The molecular weight excluding hydrogens is 154 g/mol. The van der Waals surface area contributed by atoms with Gasteiger partial charge in [0.1, 0.15) is 18.5 Å². The van der Waals surface area contributed by atoms with Gasteiger partial charge in [0.05, 0.1) is 0 Å². The fourth-order valence-electron chi connectivity index (χ4n) is 0.369. The molecule has 0 radical (unpaired) electrons. The summed E-state index contributed by atoms with van der Waals surface area (Å²) in [5.41, 5.74) is -1.58. The van der Waals surface area contributed by atoms with E-state index in [2.05, 4.69) is 4.74 Å². The summed E-state index contributed by atoms with van der Waals surface area (Å²) in [6, 6.07) is 0. The zero-order valence-corrected chi connectivity index (χ0v) is 6.86. The summed E-state index contributed by atoms with van der Waals surface area (Å²) in [7, 11) is 0. The molecule has 0 amide bonds. The van der Waals surface area contributed by atoms with Crippen molar-refractivity contribution in [1.82, 2.24) is 0 Å². The summed E-state index contributed by atoms with van der Waals surface area (Å²) >= 11 is 0. The first-order valence-corrected chi connectivity index (χ1v) is 3.26. The summed E-state index contributed by atoms with van der Waals surface area (Å²) in [6.45, 7) is 2.96. The minimum absolute atomic E-state index is 0.295. The van der Waals surface area contributed by atoms with Crippen molar-refractivity contribution in [3.63, 3.8) is 0 Å². The number of hydrogen-bond acceptors (Lipinski definition) is 2. The van der Waals surface area contributed by atoms with Gasteiger partial charge in [0, 0.05) is 6.92 Å². The number of halogens is 2. The Morgan fingerprint density at radius 3 is 2.09 bits per heavy atom. The molecule has 11 heavy (non-hydrogen) atoms. The van der Waals surface area contributed by atoms with Gasteiger partial charge in [-0.1, -0.05) is 0 Å². The van der Waals surface area contributed by atoms with Crippen LogP contribution in [0.25, 0.3) is 0 Å². The molecule has 0 atom stereocenters. The van der Waals surface area contributed by atoms with Crippen LogP contribution in [-0.4, -0.2) is 24.4 Å². The molecule has 0 aromatic rings. The molecule has 0 bridgehead atoms. The molecule has 2 nitrogen and oxygen atoms in total. The van der Waals surface area contributed by atoms with E-state index in [1.165, 1.54) is 13.8 Å². The Balaban J connectivity index is 4.10. The minimum Gasteiger partial charge on any atom is -0.362 e. The fraction of sp³-hybridized carbons (Fsp3) is 0.857. The SMILES string of the molecule is CC(F)(F)C(C)(C)OCC=O. The van der Waals surface area contributed by atoms with Crippen LogP contribution >= 0.6 is 0 Å². The number of alkyl halides is 2. The average molecular weight is 166 g/mol. The lowest BCUT2D eigenvalue weighted by Gasteiger charge is -2.30. The highest BCUT2D eigenvalue weighted by molar-refractivity contribution is 5.50. The molecule has 4 heteroatoms. The van der Waals surface area contributed by atoms with Crippen LogP contribution in [0, 0.1) is 0 Å². The molecule has 0 spiro atoms.